The molecular formula is C31H26ClF2N5O4. The van der Waals surface area contributed by atoms with Crippen molar-refractivity contribution in [2.75, 3.05) is 38.3 Å². The number of benzene rings is 3. The van der Waals surface area contributed by atoms with Gasteiger partial charge in [-0.05, 0) is 48.5 Å². The Labute approximate surface area is 251 Å². The number of amides is 1. The molecule has 1 aliphatic heterocycles. The lowest BCUT2D eigenvalue weighted by Crippen LogP contribution is -2.27. The number of nitrogens with one attached hydrogen (secondary N) is 2. The molecule has 9 nitrogen and oxygen atoms in total. The van der Waals surface area contributed by atoms with Gasteiger partial charge in [-0.2, -0.15) is 0 Å². The van der Waals surface area contributed by atoms with Gasteiger partial charge in [0.25, 0.3) is 5.91 Å². The normalized spacial score (nSPS) is 12.0. The molecule has 5 rings (SSSR count). The van der Waals surface area contributed by atoms with Crippen LogP contribution >= 0.6 is 11.6 Å². The van der Waals surface area contributed by atoms with Crippen molar-refractivity contribution in [1.82, 2.24) is 15.3 Å². The molecule has 0 unspecified atom stereocenters. The summed E-state index contributed by atoms with van der Waals surface area (Å²) in [6.07, 6.45) is 2.29. The molecule has 43 heavy (non-hydrogen) atoms. The van der Waals surface area contributed by atoms with Crippen molar-refractivity contribution >= 4 is 41.1 Å². The third-order valence-electron chi connectivity index (χ3n) is 6.46. The summed E-state index contributed by atoms with van der Waals surface area (Å²) >= 11 is 6.29. The zero-order chi connectivity index (χ0) is 30.2. The Bertz CT molecular complexity index is 1650. The lowest BCUT2D eigenvalue weighted by molar-refractivity contribution is -0.112. The second kappa shape index (κ2) is 14.1. The van der Waals surface area contributed by atoms with Crippen molar-refractivity contribution < 1.29 is 27.8 Å². The number of fused-ring (bicyclic) bond motifs is 3. The maximum atomic E-state index is 14.8. The average molecular weight is 606 g/mol. The Hall–Kier alpha value is -4.58. The van der Waals surface area contributed by atoms with Crippen LogP contribution in [0.25, 0.3) is 11.3 Å². The van der Waals surface area contributed by atoms with Crippen LogP contribution in [0.4, 0.5) is 20.4 Å². The van der Waals surface area contributed by atoms with Crippen LogP contribution in [0.5, 0.6) is 0 Å². The molecule has 0 bridgehead atoms. The fourth-order valence-corrected chi connectivity index (χ4v) is 4.62. The summed E-state index contributed by atoms with van der Waals surface area (Å²) in [4.78, 5) is 36.3. The Balaban J connectivity index is 1.28. The number of anilines is 2. The number of hydrogen-bond acceptors (Lipinski definition) is 8. The summed E-state index contributed by atoms with van der Waals surface area (Å²) in [5, 5.41) is 6.29. The van der Waals surface area contributed by atoms with Crippen LogP contribution in [0.15, 0.2) is 71.9 Å². The first-order valence-electron chi connectivity index (χ1n) is 13.3. The maximum absolute atomic E-state index is 14.8. The number of rotatable bonds is 12. The van der Waals surface area contributed by atoms with Crippen LogP contribution in [-0.4, -0.2) is 60.8 Å². The van der Waals surface area contributed by atoms with E-state index < -0.39 is 11.6 Å². The number of ether oxygens (including phenoxy) is 2. The minimum atomic E-state index is -0.730. The fraction of sp³-hybridized carbons (Fsp3) is 0.194. The third kappa shape index (κ3) is 7.26. The molecule has 2 N–H and O–H groups in total. The van der Waals surface area contributed by atoms with Gasteiger partial charge < -0.3 is 24.9 Å². The maximum Gasteiger partial charge on any atom is 0.251 e. The van der Waals surface area contributed by atoms with Crippen LogP contribution in [0.2, 0.25) is 5.02 Å². The van der Waals surface area contributed by atoms with Gasteiger partial charge in [-0.3, -0.25) is 9.79 Å². The SMILES string of the molecule is O=CCOCCOCCNC(=O)c1ccc(Nc2ncc3c(n2)-c2ccc(Cl)cc2C(c2c(F)cccc2F)=NC3)cc1. The van der Waals surface area contributed by atoms with Gasteiger partial charge in [0.05, 0.1) is 43.3 Å². The molecule has 0 atom stereocenters. The highest BCUT2D eigenvalue weighted by atomic mass is 35.5. The molecule has 0 radical (unpaired) electrons. The summed E-state index contributed by atoms with van der Waals surface area (Å²) in [5.74, 6) is -1.43. The van der Waals surface area contributed by atoms with Gasteiger partial charge in [0, 0.05) is 45.7 Å². The largest absolute Gasteiger partial charge is 0.377 e. The quantitative estimate of drug-likeness (QED) is 0.170. The lowest BCUT2D eigenvalue weighted by atomic mass is 9.95. The Kier molecular flexibility index (Phi) is 9.77. The van der Waals surface area contributed by atoms with Gasteiger partial charge in [0.2, 0.25) is 5.95 Å². The second-order valence-corrected chi connectivity index (χ2v) is 9.77. The zero-order valence-corrected chi connectivity index (χ0v) is 23.5. The minimum Gasteiger partial charge on any atom is -0.377 e. The van der Waals surface area contributed by atoms with E-state index in [1.165, 1.54) is 18.2 Å². The van der Waals surface area contributed by atoms with E-state index in [2.05, 4.69) is 20.6 Å². The van der Waals surface area contributed by atoms with Gasteiger partial charge in [0.15, 0.2) is 0 Å². The molecule has 220 valence electrons. The van der Waals surface area contributed by atoms with E-state index in [1.54, 1.807) is 48.7 Å². The molecule has 1 amide bonds. The van der Waals surface area contributed by atoms with Gasteiger partial charge in [0.1, 0.15) is 24.5 Å². The second-order valence-electron chi connectivity index (χ2n) is 9.33. The van der Waals surface area contributed by atoms with E-state index in [4.69, 9.17) is 26.1 Å². The molecule has 0 saturated carbocycles. The summed E-state index contributed by atoms with van der Waals surface area (Å²) in [6, 6.07) is 15.5. The van der Waals surface area contributed by atoms with Crippen molar-refractivity contribution in [3.63, 3.8) is 0 Å². The summed E-state index contributed by atoms with van der Waals surface area (Å²) in [7, 11) is 0. The number of aliphatic imine (C=N–C) groups is 1. The lowest BCUT2D eigenvalue weighted by Gasteiger charge is -2.13. The summed E-state index contributed by atoms with van der Waals surface area (Å²) in [5.41, 5.74) is 3.29. The van der Waals surface area contributed by atoms with Crippen LogP contribution in [-0.2, 0) is 20.8 Å². The van der Waals surface area contributed by atoms with E-state index in [1.807, 2.05) is 0 Å². The van der Waals surface area contributed by atoms with Crippen LogP contribution < -0.4 is 10.6 Å². The summed E-state index contributed by atoms with van der Waals surface area (Å²) < 4.78 is 39.9. The molecule has 2 heterocycles. The van der Waals surface area contributed by atoms with Gasteiger partial charge in [-0.1, -0.05) is 23.7 Å². The number of carbonyl (C=O) groups excluding carboxylic acids is 2. The zero-order valence-electron chi connectivity index (χ0n) is 22.8. The van der Waals surface area contributed by atoms with E-state index in [9.17, 15) is 18.4 Å². The molecule has 1 aromatic heterocycles. The number of carbonyl (C=O) groups is 2. The predicted octanol–water partition coefficient (Wildman–Crippen LogP) is 5.13. The number of halogens is 3. The standard InChI is InChI=1S/C31H26ClF2N5O4/c32-21-6-9-23-24(16-21)29(27-25(33)2-1-3-26(27)34)36-17-20-18-37-31(39-28(20)23)38-22-7-4-19(5-8-22)30(41)35-10-12-42-14-15-43-13-11-40/h1-9,11,16,18H,10,12-15,17H2,(H,35,41)(H,37,38,39). The fourth-order valence-electron chi connectivity index (χ4n) is 4.45. The van der Waals surface area contributed by atoms with E-state index >= 15 is 0 Å². The van der Waals surface area contributed by atoms with E-state index in [0.717, 1.165) is 0 Å². The Morgan fingerprint density at radius 3 is 2.51 bits per heavy atom. The van der Waals surface area contributed by atoms with E-state index in [0.29, 0.717) is 71.3 Å². The van der Waals surface area contributed by atoms with E-state index in [-0.39, 0.29) is 36.3 Å². The van der Waals surface area contributed by atoms with Crippen molar-refractivity contribution in [2.24, 2.45) is 4.99 Å². The minimum absolute atomic E-state index is 0.0298. The van der Waals surface area contributed by atoms with Crippen molar-refractivity contribution in [3.05, 3.63) is 106 Å². The van der Waals surface area contributed by atoms with Gasteiger partial charge in [-0.25, -0.2) is 18.7 Å². The monoisotopic (exact) mass is 605 g/mol. The molecule has 0 spiro atoms. The smallest absolute Gasteiger partial charge is 0.251 e. The predicted molar refractivity (Wildman–Crippen MR) is 158 cm³/mol. The van der Waals surface area contributed by atoms with Crippen LogP contribution in [0, 0.1) is 11.6 Å². The van der Waals surface area contributed by atoms with Gasteiger partial charge in [-0.15, -0.1) is 0 Å². The summed E-state index contributed by atoms with van der Waals surface area (Å²) in [6.45, 7) is 1.39. The van der Waals surface area contributed by atoms with Gasteiger partial charge >= 0.3 is 0 Å². The molecule has 4 aromatic rings. The molecule has 0 aliphatic carbocycles. The molecule has 0 fully saturated rings. The van der Waals surface area contributed by atoms with Crippen molar-refractivity contribution in [2.45, 2.75) is 6.54 Å². The number of aldehydes is 1. The third-order valence-corrected chi connectivity index (χ3v) is 6.69. The Morgan fingerprint density at radius 1 is 0.977 bits per heavy atom. The number of hydrogen-bond donors (Lipinski definition) is 2. The highest BCUT2D eigenvalue weighted by molar-refractivity contribution is 6.31. The molecule has 12 heteroatoms. The highest BCUT2D eigenvalue weighted by Gasteiger charge is 2.25. The first-order chi connectivity index (χ1) is 20.9. The Morgan fingerprint density at radius 2 is 1.74 bits per heavy atom. The van der Waals surface area contributed by atoms with Crippen molar-refractivity contribution in [1.29, 1.82) is 0 Å². The first kappa shape index (κ1) is 29.9. The molecule has 3 aromatic carbocycles. The molecule has 0 saturated heterocycles. The van der Waals surface area contributed by atoms with Crippen LogP contribution in [0.3, 0.4) is 0 Å². The van der Waals surface area contributed by atoms with Crippen LogP contribution in [0.1, 0.15) is 27.0 Å². The number of aromatic nitrogens is 2. The molecule has 1 aliphatic rings. The average Bonchev–Trinajstić information content (AvgIpc) is 3.15. The first-order valence-corrected chi connectivity index (χ1v) is 13.7. The highest BCUT2D eigenvalue weighted by Crippen LogP contribution is 2.34. The number of nitrogens with zero attached hydrogens (tertiary/aromatic N) is 3. The molecular weight excluding hydrogens is 580 g/mol. The topological polar surface area (TPSA) is 115 Å². The van der Waals surface area contributed by atoms with Crippen molar-refractivity contribution in [3.8, 4) is 11.3 Å².